The van der Waals surface area contributed by atoms with Crippen LogP contribution in [-0.4, -0.2) is 37.2 Å². The van der Waals surface area contributed by atoms with Crippen molar-refractivity contribution >= 4 is 28.4 Å². The maximum atomic E-state index is 13.1. The number of aromatic nitrogens is 3. The predicted molar refractivity (Wildman–Crippen MR) is 100 cm³/mol. The summed E-state index contributed by atoms with van der Waals surface area (Å²) in [7, 11) is 0. The lowest BCUT2D eigenvalue weighted by atomic mass is 10.2. The van der Waals surface area contributed by atoms with Crippen LogP contribution in [0.3, 0.4) is 0 Å². The topological polar surface area (TPSA) is 74.2 Å². The molecule has 0 fully saturated rings. The first kappa shape index (κ1) is 17.1. The van der Waals surface area contributed by atoms with Crippen LogP contribution >= 0.6 is 11.6 Å². The molecule has 3 heterocycles. The van der Waals surface area contributed by atoms with Crippen molar-refractivity contribution in [3.05, 3.63) is 52.4 Å². The zero-order valence-corrected chi connectivity index (χ0v) is 15.3. The molecule has 136 valence electrons. The molecule has 1 aliphatic heterocycles. The molecule has 0 saturated carbocycles. The first-order valence-corrected chi connectivity index (χ1v) is 9.26. The van der Waals surface area contributed by atoms with E-state index in [1.807, 2.05) is 41.9 Å². The first-order chi connectivity index (χ1) is 12.6. The molecule has 0 bridgehead atoms. The summed E-state index contributed by atoms with van der Waals surface area (Å²) in [5.41, 5.74) is 2.88. The lowest BCUT2D eigenvalue weighted by molar-refractivity contribution is 0.0741. The Bertz CT molecular complexity index is 962. The number of aliphatic hydroxyl groups excluding tert-OH is 1. The molecule has 1 aromatic carbocycles. The molecule has 1 atom stereocenters. The summed E-state index contributed by atoms with van der Waals surface area (Å²) in [5.74, 6) is -0.113. The highest BCUT2D eigenvalue weighted by Crippen LogP contribution is 2.29. The highest BCUT2D eigenvalue weighted by atomic mass is 35.5. The molecule has 4 rings (SSSR count). The maximum absolute atomic E-state index is 13.1. The van der Waals surface area contributed by atoms with Crippen LogP contribution in [0.4, 0.5) is 0 Å². The Balaban J connectivity index is 1.63. The number of fused-ring (bicyclic) bond motifs is 2. The Morgan fingerprint density at radius 2 is 2.19 bits per heavy atom. The molecule has 2 aromatic heterocycles. The largest absolute Gasteiger partial charge is 0.387 e. The van der Waals surface area contributed by atoms with Gasteiger partial charge in [-0.15, -0.1) is 0 Å². The SMILES string of the molecule is CC[C@H](O)c1cc2n(n1)CCCN(C(=O)c1[nH]c3ccccc3c1Cl)C2. The third kappa shape index (κ3) is 2.89. The van der Waals surface area contributed by atoms with Crippen molar-refractivity contribution in [3.63, 3.8) is 0 Å². The molecular formula is C19H21ClN4O2. The number of hydrogen-bond acceptors (Lipinski definition) is 3. The van der Waals surface area contributed by atoms with Crippen LogP contribution < -0.4 is 0 Å². The Morgan fingerprint density at radius 3 is 2.96 bits per heavy atom. The molecule has 0 radical (unpaired) electrons. The van der Waals surface area contributed by atoms with E-state index in [2.05, 4.69) is 10.1 Å². The van der Waals surface area contributed by atoms with E-state index < -0.39 is 6.10 Å². The second-order valence-corrected chi connectivity index (χ2v) is 7.03. The van der Waals surface area contributed by atoms with Gasteiger partial charge < -0.3 is 15.0 Å². The molecule has 0 spiro atoms. The number of carbonyl (C=O) groups excluding carboxylic acids is 1. The summed E-state index contributed by atoms with van der Waals surface area (Å²) in [6.07, 6.45) is 0.852. The fraction of sp³-hybridized carbons (Fsp3) is 0.368. The van der Waals surface area contributed by atoms with Crippen molar-refractivity contribution in [3.8, 4) is 0 Å². The van der Waals surface area contributed by atoms with Gasteiger partial charge in [0.1, 0.15) is 5.69 Å². The van der Waals surface area contributed by atoms with Gasteiger partial charge in [0, 0.05) is 24.0 Å². The number of aromatic amines is 1. The Kier molecular flexibility index (Phi) is 4.46. The van der Waals surface area contributed by atoms with Gasteiger partial charge >= 0.3 is 0 Å². The molecule has 0 aliphatic carbocycles. The number of amides is 1. The number of para-hydroxylation sites is 1. The number of carbonyl (C=O) groups is 1. The predicted octanol–water partition coefficient (Wildman–Crippen LogP) is 3.51. The highest BCUT2D eigenvalue weighted by Gasteiger charge is 2.26. The zero-order valence-electron chi connectivity index (χ0n) is 14.6. The Hall–Kier alpha value is -2.31. The zero-order chi connectivity index (χ0) is 18.3. The summed E-state index contributed by atoms with van der Waals surface area (Å²) in [6, 6.07) is 9.52. The van der Waals surface area contributed by atoms with Crippen LogP contribution in [-0.2, 0) is 13.1 Å². The standard InChI is InChI=1S/C19H21ClN4O2/c1-2-16(25)15-10-12-11-23(8-5-9-24(12)22-15)19(26)18-17(20)13-6-3-4-7-14(13)21-18/h3-4,6-7,10,16,21,25H,2,5,8-9,11H2,1H3/t16-/m0/s1. The number of hydrogen-bond donors (Lipinski definition) is 2. The van der Waals surface area contributed by atoms with E-state index in [0.29, 0.717) is 35.9 Å². The summed E-state index contributed by atoms with van der Waals surface area (Å²) in [4.78, 5) is 18.0. The molecule has 6 nitrogen and oxygen atoms in total. The maximum Gasteiger partial charge on any atom is 0.272 e. The van der Waals surface area contributed by atoms with Crippen LogP contribution in [0, 0.1) is 0 Å². The molecule has 1 aliphatic rings. The summed E-state index contributed by atoms with van der Waals surface area (Å²) < 4.78 is 1.90. The fourth-order valence-corrected chi connectivity index (χ4v) is 3.74. The lowest BCUT2D eigenvalue weighted by Crippen LogP contribution is -2.31. The number of rotatable bonds is 3. The third-order valence-corrected chi connectivity index (χ3v) is 5.30. The summed E-state index contributed by atoms with van der Waals surface area (Å²) >= 11 is 6.45. The second kappa shape index (κ2) is 6.78. The van der Waals surface area contributed by atoms with Crippen molar-refractivity contribution in [2.75, 3.05) is 6.54 Å². The molecule has 2 N–H and O–H groups in total. The van der Waals surface area contributed by atoms with Gasteiger partial charge in [-0.3, -0.25) is 9.48 Å². The van der Waals surface area contributed by atoms with Gasteiger partial charge in [-0.25, -0.2) is 0 Å². The van der Waals surface area contributed by atoms with Gasteiger partial charge in [-0.2, -0.15) is 5.10 Å². The number of halogens is 1. The quantitative estimate of drug-likeness (QED) is 0.738. The molecule has 26 heavy (non-hydrogen) atoms. The number of H-pyrrole nitrogens is 1. The van der Waals surface area contributed by atoms with E-state index in [1.54, 1.807) is 4.90 Å². The number of benzene rings is 1. The third-order valence-electron chi connectivity index (χ3n) is 4.90. The first-order valence-electron chi connectivity index (χ1n) is 8.88. The van der Waals surface area contributed by atoms with Crippen molar-refractivity contribution in [2.45, 2.75) is 39.0 Å². The van der Waals surface area contributed by atoms with Gasteiger partial charge in [0.2, 0.25) is 0 Å². The van der Waals surface area contributed by atoms with Crippen LogP contribution in [0.5, 0.6) is 0 Å². The fourth-order valence-electron chi connectivity index (χ4n) is 3.44. The minimum Gasteiger partial charge on any atom is -0.387 e. The second-order valence-electron chi connectivity index (χ2n) is 6.65. The Labute approximate surface area is 156 Å². The van der Waals surface area contributed by atoms with Crippen molar-refractivity contribution in [1.29, 1.82) is 0 Å². The van der Waals surface area contributed by atoms with Crippen molar-refractivity contribution in [2.24, 2.45) is 0 Å². The number of nitrogens with one attached hydrogen (secondary N) is 1. The van der Waals surface area contributed by atoms with Crippen molar-refractivity contribution in [1.82, 2.24) is 19.7 Å². The van der Waals surface area contributed by atoms with Crippen LogP contribution in [0.15, 0.2) is 30.3 Å². The van der Waals surface area contributed by atoms with Gasteiger partial charge in [-0.1, -0.05) is 36.7 Å². The van der Waals surface area contributed by atoms with E-state index in [4.69, 9.17) is 11.6 Å². The van der Waals surface area contributed by atoms with Crippen LogP contribution in [0.2, 0.25) is 5.02 Å². The van der Waals surface area contributed by atoms with E-state index in [0.717, 1.165) is 29.6 Å². The molecule has 0 saturated heterocycles. The van der Waals surface area contributed by atoms with E-state index in [-0.39, 0.29) is 5.91 Å². The van der Waals surface area contributed by atoms with Gasteiger partial charge in [-0.05, 0) is 25.0 Å². The monoisotopic (exact) mass is 372 g/mol. The lowest BCUT2D eigenvalue weighted by Gasteiger charge is -2.19. The molecular weight excluding hydrogens is 352 g/mol. The van der Waals surface area contributed by atoms with E-state index >= 15 is 0 Å². The van der Waals surface area contributed by atoms with Gasteiger partial charge in [0.25, 0.3) is 5.91 Å². The number of aryl methyl sites for hydroxylation is 1. The smallest absolute Gasteiger partial charge is 0.272 e. The number of nitrogens with zero attached hydrogens (tertiary/aromatic N) is 3. The summed E-state index contributed by atoms with van der Waals surface area (Å²) in [5, 5.41) is 15.9. The average molecular weight is 373 g/mol. The molecule has 1 amide bonds. The molecule has 3 aromatic rings. The normalized spacial score (nSPS) is 15.7. The van der Waals surface area contributed by atoms with E-state index in [9.17, 15) is 9.90 Å². The van der Waals surface area contributed by atoms with Gasteiger partial charge in [0.05, 0.1) is 29.1 Å². The minimum absolute atomic E-state index is 0.113. The molecule has 7 heteroatoms. The average Bonchev–Trinajstić information content (AvgIpc) is 3.15. The van der Waals surface area contributed by atoms with Crippen LogP contribution in [0.25, 0.3) is 10.9 Å². The van der Waals surface area contributed by atoms with Crippen molar-refractivity contribution < 1.29 is 9.90 Å². The van der Waals surface area contributed by atoms with Gasteiger partial charge in [0.15, 0.2) is 0 Å². The molecule has 0 unspecified atom stereocenters. The Morgan fingerprint density at radius 1 is 1.38 bits per heavy atom. The summed E-state index contributed by atoms with van der Waals surface area (Å²) in [6.45, 7) is 3.74. The van der Waals surface area contributed by atoms with E-state index in [1.165, 1.54) is 0 Å². The number of aliphatic hydroxyl groups is 1. The minimum atomic E-state index is -0.568. The van der Waals surface area contributed by atoms with Crippen LogP contribution in [0.1, 0.15) is 47.7 Å². The highest BCUT2D eigenvalue weighted by molar-refractivity contribution is 6.38.